The number of ketones is 1. The van der Waals surface area contributed by atoms with Gasteiger partial charge in [-0.3, -0.25) is 9.59 Å². The Morgan fingerprint density at radius 3 is 2.57 bits per heavy atom. The molecule has 1 aliphatic rings. The molecule has 1 saturated heterocycles. The molecule has 0 unspecified atom stereocenters. The van der Waals surface area contributed by atoms with Crippen LogP contribution in [0.15, 0.2) is 0 Å². The number of aliphatic hydroxyl groups is 3. The number of ether oxygens (including phenoxy) is 1. The smallest absolute Gasteiger partial charge is 0.220 e. The lowest BCUT2D eigenvalue weighted by Gasteiger charge is -2.22. The van der Waals surface area contributed by atoms with Crippen molar-refractivity contribution in [1.29, 1.82) is 0 Å². The van der Waals surface area contributed by atoms with E-state index in [-0.39, 0.29) is 18.1 Å². The van der Waals surface area contributed by atoms with Gasteiger partial charge in [0.2, 0.25) is 5.91 Å². The van der Waals surface area contributed by atoms with Crippen LogP contribution in [0.2, 0.25) is 0 Å². The van der Waals surface area contributed by atoms with E-state index in [1.165, 1.54) is 6.92 Å². The summed E-state index contributed by atoms with van der Waals surface area (Å²) in [5, 5.41) is 31.5. The van der Waals surface area contributed by atoms with Gasteiger partial charge in [-0.15, -0.1) is 0 Å². The number of carbonyl (C=O) groups excluding carboxylic acids is 2. The molecule has 0 spiro atoms. The van der Waals surface area contributed by atoms with Crippen LogP contribution in [0.5, 0.6) is 0 Å². The molecule has 1 aliphatic heterocycles. The highest BCUT2D eigenvalue weighted by molar-refractivity contribution is 5.78. The first kappa shape index (κ1) is 18.0. The summed E-state index contributed by atoms with van der Waals surface area (Å²) in [7, 11) is 0. The summed E-state index contributed by atoms with van der Waals surface area (Å²) in [6, 6.07) is -0.760. The van der Waals surface area contributed by atoms with Gasteiger partial charge in [-0.2, -0.15) is 0 Å². The third-order valence-electron chi connectivity index (χ3n) is 3.58. The highest BCUT2D eigenvalue weighted by Crippen LogP contribution is 2.26. The Bertz CT molecular complexity index is 361. The van der Waals surface area contributed by atoms with E-state index in [4.69, 9.17) is 9.84 Å². The van der Waals surface area contributed by atoms with Gasteiger partial charge < -0.3 is 25.4 Å². The Balaban J connectivity index is 2.74. The van der Waals surface area contributed by atoms with E-state index < -0.39 is 37.1 Å². The highest BCUT2D eigenvalue weighted by Gasteiger charge is 2.47. The minimum atomic E-state index is -1.26. The Morgan fingerprint density at radius 2 is 2.05 bits per heavy atom. The van der Waals surface area contributed by atoms with E-state index >= 15 is 0 Å². The Labute approximate surface area is 124 Å². The largest absolute Gasteiger partial charge is 0.394 e. The molecule has 0 aromatic carbocycles. The summed E-state index contributed by atoms with van der Waals surface area (Å²) in [6.07, 6.45) is -2.17. The molecule has 21 heavy (non-hydrogen) atoms. The summed E-state index contributed by atoms with van der Waals surface area (Å²) in [5.41, 5.74) is 0. The Hall–Kier alpha value is -1.02. The van der Waals surface area contributed by atoms with E-state index in [0.29, 0.717) is 6.42 Å². The molecule has 1 rings (SSSR count). The van der Waals surface area contributed by atoms with Crippen LogP contribution in [0.25, 0.3) is 0 Å². The van der Waals surface area contributed by atoms with Crippen molar-refractivity contribution >= 4 is 11.7 Å². The molecule has 5 atom stereocenters. The van der Waals surface area contributed by atoms with Crippen LogP contribution in [-0.4, -0.2) is 64.1 Å². The molecule has 0 aromatic heterocycles. The average molecular weight is 303 g/mol. The average Bonchev–Trinajstić information content (AvgIpc) is 2.72. The van der Waals surface area contributed by atoms with Crippen LogP contribution in [0.3, 0.4) is 0 Å². The van der Waals surface area contributed by atoms with Gasteiger partial charge in [0.15, 0.2) is 0 Å². The SMILES string of the molecule is CCCCC(=O)N[C@@H]1[C@@H](O)[C@@H]([C@H](O)CO)O[C@H]1CC(C)=O. The van der Waals surface area contributed by atoms with Crippen molar-refractivity contribution in [3.63, 3.8) is 0 Å². The first-order chi connectivity index (χ1) is 9.90. The lowest BCUT2D eigenvalue weighted by Crippen LogP contribution is -2.49. The van der Waals surface area contributed by atoms with Gasteiger partial charge >= 0.3 is 0 Å². The molecule has 0 aliphatic carbocycles. The van der Waals surface area contributed by atoms with E-state index in [1.54, 1.807) is 0 Å². The summed E-state index contributed by atoms with van der Waals surface area (Å²) < 4.78 is 5.46. The maximum absolute atomic E-state index is 11.8. The predicted molar refractivity (Wildman–Crippen MR) is 74.5 cm³/mol. The molecule has 7 nitrogen and oxygen atoms in total. The van der Waals surface area contributed by atoms with Crippen molar-refractivity contribution in [2.75, 3.05) is 6.61 Å². The quantitative estimate of drug-likeness (QED) is 0.463. The standard InChI is InChI=1S/C14H25NO6/c1-3-4-5-11(19)15-12-10(6-8(2)17)21-14(13(12)20)9(18)7-16/h9-10,12-14,16,18,20H,3-7H2,1-2H3,(H,15,19)/t9-,10+,12+,13-,14-/m1/s1. The molecule has 0 radical (unpaired) electrons. The third-order valence-corrected chi connectivity index (χ3v) is 3.58. The zero-order chi connectivity index (χ0) is 16.0. The van der Waals surface area contributed by atoms with Crippen molar-refractivity contribution in [2.45, 2.75) is 70.0 Å². The molecule has 0 bridgehead atoms. The number of unbranched alkanes of at least 4 members (excludes halogenated alkanes) is 1. The second-order valence-electron chi connectivity index (χ2n) is 5.48. The number of hydrogen-bond donors (Lipinski definition) is 4. The maximum Gasteiger partial charge on any atom is 0.220 e. The topological polar surface area (TPSA) is 116 Å². The monoisotopic (exact) mass is 303 g/mol. The van der Waals surface area contributed by atoms with Crippen LogP contribution in [0.4, 0.5) is 0 Å². The van der Waals surface area contributed by atoms with E-state index in [1.807, 2.05) is 6.92 Å². The second kappa shape index (κ2) is 8.43. The van der Waals surface area contributed by atoms with E-state index in [9.17, 15) is 19.8 Å². The number of amides is 1. The lowest BCUT2D eigenvalue weighted by atomic mass is 9.98. The fourth-order valence-electron chi connectivity index (χ4n) is 2.45. The van der Waals surface area contributed by atoms with Crippen LogP contribution in [0.1, 0.15) is 39.5 Å². The van der Waals surface area contributed by atoms with Crippen molar-refractivity contribution in [3.8, 4) is 0 Å². The molecular formula is C14H25NO6. The van der Waals surface area contributed by atoms with Gasteiger partial charge in [0.05, 0.1) is 18.8 Å². The minimum Gasteiger partial charge on any atom is -0.394 e. The summed E-state index contributed by atoms with van der Waals surface area (Å²) in [4.78, 5) is 23.1. The fourth-order valence-corrected chi connectivity index (χ4v) is 2.45. The maximum atomic E-state index is 11.8. The summed E-state index contributed by atoms with van der Waals surface area (Å²) in [5.74, 6) is -0.365. The van der Waals surface area contributed by atoms with Crippen LogP contribution < -0.4 is 5.32 Å². The molecule has 1 heterocycles. The van der Waals surface area contributed by atoms with Crippen LogP contribution in [-0.2, 0) is 14.3 Å². The van der Waals surface area contributed by atoms with Gasteiger partial charge in [-0.1, -0.05) is 13.3 Å². The number of rotatable bonds is 8. The molecular weight excluding hydrogens is 278 g/mol. The number of aliphatic hydroxyl groups excluding tert-OH is 3. The third kappa shape index (κ3) is 5.03. The first-order valence-corrected chi connectivity index (χ1v) is 7.31. The Morgan fingerprint density at radius 1 is 1.38 bits per heavy atom. The molecule has 0 saturated carbocycles. The van der Waals surface area contributed by atoms with Gasteiger partial charge in [0.1, 0.15) is 24.1 Å². The van der Waals surface area contributed by atoms with Crippen molar-refractivity contribution in [2.24, 2.45) is 0 Å². The molecule has 122 valence electrons. The number of Topliss-reactive ketones (excluding diaryl/α,β-unsaturated/α-hetero) is 1. The van der Waals surface area contributed by atoms with E-state index in [2.05, 4.69) is 5.32 Å². The lowest BCUT2D eigenvalue weighted by molar-refractivity contribution is -0.125. The molecule has 7 heteroatoms. The molecule has 1 fully saturated rings. The number of nitrogens with one attached hydrogen (secondary N) is 1. The summed E-state index contributed by atoms with van der Waals surface area (Å²) >= 11 is 0. The predicted octanol–water partition coefficient (Wildman–Crippen LogP) is -0.878. The van der Waals surface area contributed by atoms with Crippen LogP contribution in [0, 0.1) is 0 Å². The van der Waals surface area contributed by atoms with Gasteiger partial charge in [0, 0.05) is 12.8 Å². The molecule has 4 N–H and O–H groups in total. The van der Waals surface area contributed by atoms with Crippen LogP contribution >= 0.6 is 0 Å². The zero-order valence-corrected chi connectivity index (χ0v) is 12.5. The second-order valence-corrected chi connectivity index (χ2v) is 5.48. The number of carbonyl (C=O) groups is 2. The van der Waals surface area contributed by atoms with Crippen molar-refractivity contribution < 1.29 is 29.6 Å². The highest BCUT2D eigenvalue weighted by atomic mass is 16.5. The van der Waals surface area contributed by atoms with Gasteiger partial charge in [-0.05, 0) is 13.3 Å². The minimum absolute atomic E-state index is 0.0322. The van der Waals surface area contributed by atoms with Gasteiger partial charge in [-0.25, -0.2) is 0 Å². The number of hydrogen-bond acceptors (Lipinski definition) is 6. The van der Waals surface area contributed by atoms with Crippen molar-refractivity contribution in [1.82, 2.24) is 5.32 Å². The van der Waals surface area contributed by atoms with Crippen molar-refractivity contribution in [3.05, 3.63) is 0 Å². The zero-order valence-electron chi connectivity index (χ0n) is 12.5. The fraction of sp³-hybridized carbons (Fsp3) is 0.857. The first-order valence-electron chi connectivity index (χ1n) is 7.31. The van der Waals surface area contributed by atoms with E-state index in [0.717, 1.165) is 12.8 Å². The Kier molecular flexibility index (Phi) is 7.24. The summed E-state index contributed by atoms with van der Waals surface area (Å²) in [6.45, 7) is 2.79. The molecule has 0 aromatic rings. The van der Waals surface area contributed by atoms with Gasteiger partial charge in [0.25, 0.3) is 0 Å². The molecule has 1 amide bonds. The normalized spacial score (nSPS) is 30.1.